The van der Waals surface area contributed by atoms with E-state index in [2.05, 4.69) is 4.98 Å². The third kappa shape index (κ3) is 2.32. The number of carbonyl (C=O) groups excluding carboxylic acids is 1. The van der Waals surface area contributed by atoms with Crippen LogP contribution in [-0.4, -0.2) is 22.5 Å². The predicted octanol–water partition coefficient (Wildman–Crippen LogP) is 1.51. The standard InChI is InChI=1S/C13H12N2O2/c14-11-6-10(12(17)8-16)7-15-13(11)9-4-2-1-3-5-9/h1-7,16H,8,14H2. The van der Waals surface area contributed by atoms with Crippen molar-refractivity contribution in [2.75, 3.05) is 12.3 Å². The summed E-state index contributed by atoms with van der Waals surface area (Å²) in [6.45, 7) is -0.536. The summed E-state index contributed by atoms with van der Waals surface area (Å²) in [5, 5.41) is 8.75. The number of ketones is 1. The zero-order valence-corrected chi connectivity index (χ0v) is 9.13. The fourth-order valence-corrected chi connectivity index (χ4v) is 1.56. The molecule has 0 aliphatic carbocycles. The number of aromatic nitrogens is 1. The highest BCUT2D eigenvalue weighted by atomic mass is 16.3. The molecule has 17 heavy (non-hydrogen) atoms. The van der Waals surface area contributed by atoms with Crippen LogP contribution in [0.25, 0.3) is 11.3 Å². The molecule has 4 heteroatoms. The Morgan fingerprint density at radius 1 is 1.29 bits per heavy atom. The Bertz CT molecular complexity index is 538. The molecule has 0 aliphatic rings. The van der Waals surface area contributed by atoms with E-state index < -0.39 is 6.61 Å². The number of rotatable bonds is 3. The minimum absolute atomic E-state index is 0.324. The quantitative estimate of drug-likeness (QED) is 0.780. The Morgan fingerprint density at radius 3 is 2.59 bits per heavy atom. The fraction of sp³-hybridized carbons (Fsp3) is 0.0769. The van der Waals surface area contributed by atoms with Crippen LogP contribution in [0, 0.1) is 0 Å². The van der Waals surface area contributed by atoms with Crippen LogP contribution >= 0.6 is 0 Å². The monoisotopic (exact) mass is 228 g/mol. The van der Waals surface area contributed by atoms with Gasteiger partial charge in [0.05, 0.1) is 11.4 Å². The minimum atomic E-state index is -0.536. The molecule has 4 nitrogen and oxygen atoms in total. The van der Waals surface area contributed by atoms with E-state index in [1.54, 1.807) is 0 Å². The maximum Gasteiger partial charge on any atom is 0.189 e. The van der Waals surface area contributed by atoms with Crippen LogP contribution < -0.4 is 5.73 Å². The number of nitrogen functional groups attached to an aromatic ring is 1. The molecule has 0 fully saturated rings. The van der Waals surface area contributed by atoms with Gasteiger partial charge in [0.25, 0.3) is 0 Å². The number of anilines is 1. The highest BCUT2D eigenvalue weighted by Gasteiger charge is 2.09. The second-order valence-electron chi connectivity index (χ2n) is 3.61. The molecule has 2 aromatic rings. The van der Waals surface area contributed by atoms with E-state index in [9.17, 15) is 4.79 Å². The van der Waals surface area contributed by atoms with Crippen molar-refractivity contribution >= 4 is 11.5 Å². The zero-order chi connectivity index (χ0) is 12.3. The highest BCUT2D eigenvalue weighted by molar-refractivity contribution is 5.98. The van der Waals surface area contributed by atoms with E-state index in [0.717, 1.165) is 5.56 Å². The Balaban J connectivity index is 2.42. The Labute approximate surface area is 98.7 Å². The van der Waals surface area contributed by atoms with Gasteiger partial charge < -0.3 is 10.8 Å². The van der Waals surface area contributed by atoms with Crippen LogP contribution in [0.15, 0.2) is 42.6 Å². The summed E-state index contributed by atoms with van der Waals surface area (Å²) in [6, 6.07) is 11.0. The normalized spacial score (nSPS) is 10.2. The van der Waals surface area contributed by atoms with E-state index in [-0.39, 0.29) is 5.78 Å². The SMILES string of the molecule is Nc1cc(C(=O)CO)cnc1-c1ccccc1. The van der Waals surface area contributed by atoms with Gasteiger partial charge >= 0.3 is 0 Å². The van der Waals surface area contributed by atoms with Crippen molar-refractivity contribution < 1.29 is 9.90 Å². The molecule has 0 spiro atoms. The number of Topliss-reactive ketones (excluding diaryl/α,β-unsaturated/α-hetero) is 1. The van der Waals surface area contributed by atoms with Gasteiger partial charge in [-0.15, -0.1) is 0 Å². The number of pyridine rings is 1. The van der Waals surface area contributed by atoms with Crippen molar-refractivity contribution in [3.63, 3.8) is 0 Å². The number of hydrogen-bond acceptors (Lipinski definition) is 4. The molecule has 1 aromatic heterocycles. The first-order valence-electron chi connectivity index (χ1n) is 5.17. The Kier molecular flexibility index (Phi) is 3.16. The molecule has 0 aliphatic heterocycles. The lowest BCUT2D eigenvalue weighted by Gasteiger charge is -2.06. The van der Waals surface area contributed by atoms with Crippen molar-refractivity contribution in [1.29, 1.82) is 0 Å². The average Bonchev–Trinajstić information content (AvgIpc) is 2.38. The van der Waals surface area contributed by atoms with Crippen LogP contribution in [-0.2, 0) is 0 Å². The number of hydrogen-bond donors (Lipinski definition) is 2. The van der Waals surface area contributed by atoms with Crippen molar-refractivity contribution in [3.8, 4) is 11.3 Å². The van der Waals surface area contributed by atoms with Crippen molar-refractivity contribution in [2.24, 2.45) is 0 Å². The number of benzene rings is 1. The van der Waals surface area contributed by atoms with Gasteiger partial charge in [-0.25, -0.2) is 0 Å². The zero-order valence-electron chi connectivity index (χ0n) is 9.13. The van der Waals surface area contributed by atoms with Crippen molar-refractivity contribution in [2.45, 2.75) is 0 Å². The topological polar surface area (TPSA) is 76.2 Å². The first-order valence-corrected chi connectivity index (χ1v) is 5.17. The summed E-state index contributed by atoms with van der Waals surface area (Å²) in [7, 11) is 0. The molecule has 0 saturated carbocycles. The smallest absolute Gasteiger partial charge is 0.189 e. The lowest BCUT2D eigenvalue weighted by Crippen LogP contribution is -2.06. The molecule has 1 aromatic carbocycles. The molecule has 0 atom stereocenters. The van der Waals surface area contributed by atoms with Gasteiger partial charge in [0.2, 0.25) is 0 Å². The molecule has 0 bridgehead atoms. The van der Waals surface area contributed by atoms with Gasteiger partial charge in [-0.3, -0.25) is 9.78 Å². The number of nitrogens with zero attached hydrogens (tertiary/aromatic N) is 1. The summed E-state index contributed by atoms with van der Waals surface area (Å²) in [4.78, 5) is 15.4. The molecule has 0 radical (unpaired) electrons. The van der Waals surface area contributed by atoms with Gasteiger partial charge in [0.1, 0.15) is 6.61 Å². The predicted molar refractivity (Wildman–Crippen MR) is 65.5 cm³/mol. The van der Waals surface area contributed by atoms with Gasteiger partial charge in [-0.1, -0.05) is 30.3 Å². The molecular weight excluding hydrogens is 216 g/mol. The van der Waals surface area contributed by atoms with Gasteiger partial charge in [-0.2, -0.15) is 0 Å². The molecule has 0 saturated heterocycles. The van der Waals surface area contributed by atoms with Crippen LogP contribution in [0.3, 0.4) is 0 Å². The lowest BCUT2D eigenvalue weighted by atomic mass is 10.1. The van der Waals surface area contributed by atoms with Crippen molar-refractivity contribution in [1.82, 2.24) is 4.98 Å². The van der Waals surface area contributed by atoms with E-state index in [1.807, 2.05) is 30.3 Å². The number of aliphatic hydroxyl groups is 1. The Hall–Kier alpha value is -2.20. The van der Waals surface area contributed by atoms with Crippen LogP contribution in [0.5, 0.6) is 0 Å². The number of aliphatic hydroxyl groups excluding tert-OH is 1. The van der Waals surface area contributed by atoms with Crippen LogP contribution in [0.2, 0.25) is 0 Å². The Morgan fingerprint density at radius 2 is 2.00 bits per heavy atom. The van der Waals surface area contributed by atoms with Crippen LogP contribution in [0.4, 0.5) is 5.69 Å². The molecule has 3 N–H and O–H groups in total. The van der Waals surface area contributed by atoms with Gasteiger partial charge in [-0.05, 0) is 6.07 Å². The number of carbonyl (C=O) groups is 1. The average molecular weight is 228 g/mol. The molecule has 1 heterocycles. The summed E-state index contributed by atoms with van der Waals surface area (Å²) in [6.07, 6.45) is 1.43. The largest absolute Gasteiger partial charge is 0.397 e. The first kappa shape index (κ1) is 11.3. The minimum Gasteiger partial charge on any atom is -0.397 e. The van der Waals surface area contributed by atoms with E-state index in [4.69, 9.17) is 10.8 Å². The van der Waals surface area contributed by atoms with Gasteiger partial charge in [0.15, 0.2) is 5.78 Å². The van der Waals surface area contributed by atoms with E-state index in [1.165, 1.54) is 12.3 Å². The first-order chi connectivity index (χ1) is 8.22. The lowest BCUT2D eigenvalue weighted by molar-refractivity contribution is 0.0903. The summed E-state index contributed by atoms with van der Waals surface area (Å²) in [5.41, 5.74) is 8.13. The summed E-state index contributed by atoms with van der Waals surface area (Å²) >= 11 is 0. The second kappa shape index (κ2) is 4.76. The highest BCUT2D eigenvalue weighted by Crippen LogP contribution is 2.23. The molecule has 86 valence electrons. The van der Waals surface area contributed by atoms with E-state index in [0.29, 0.717) is 16.9 Å². The second-order valence-corrected chi connectivity index (χ2v) is 3.61. The third-order valence-electron chi connectivity index (χ3n) is 2.43. The van der Waals surface area contributed by atoms with E-state index >= 15 is 0 Å². The fourth-order valence-electron chi connectivity index (χ4n) is 1.56. The molecule has 0 amide bonds. The summed E-state index contributed by atoms with van der Waals surface area (Å²) < 4.78 is 0. The third-order valence-corrected chi connectivity index (χ3v) is 2.43. The summed E-state index contributed by atoms with van der Waals surface area (Å²) in [5.74, 6) is -0.385. The van der Waals surface area contributed by atoms with Crippen molar-refractivity contribution in [3.05, 3.63) is 48.2 Å². The molecular formula is C13H12N2O2. The molecule has 0 unspecified atom stereocenters. The maximum absolute atomic E-state index is 11.3. The maximum atomic E-state index is 11.3. The van der Waals surface area contributed by atoms with Gasteiger partial charge in [0, 0.05) is 17.3 Å². The molecule has 2 rings (SSSR count). The number of nitrogens with two attached hydrogens (primary N) is 1. The van der Waals surface area contributed by atoms with Crippen LogP contribution in [0.1, 0.15) is 10.4 Å².